The number of anilines is 1. The molecule has 1 aliphatic rings. The summed E-state index contributed by atoms with van der Waals surface area (Å²) in [6.45, 7) is 0.742. The molecule has 1 fully saturated rings. The van der Waals surface area contributed by atoms with Gasteiger partial charge in [-0.05, 0) is 30.3 Å². The van der Waals surface area contributed by atoms with Gasteiger partial charge in [0.25, 0.3) is 5.91 Å². The van der Waals surface area contributed by atoms with Crippen molar-refractivity contribution in [1.29, 1.82) is 0 Å². The second-order valence-electron chi connectivity index (χ2n) is 5.83. The minimum atomic E-state index is -0.281. The quantitative estimate of drug-likeness (QED) is 0.905. The number of phenols is 1. The summed E-state index contributed by atoms with van der Waals surface area (Å²) in [6, 6.07) is 11.7. The molecule has 2 aromatic rings. The summed E-state index contributed by atoms with van der Waals surface area (Å²) < 4.78 is 10.4. The highest BCUT2D eigenvalue weighted by Gasteiger charge is 2.30. The van der Waals surface area contributed by atoms with Gasteiger partial charge in [0.1, 0.15) is 12.3 Å². The number of aromatic hydroxyl groups is 1. The number of methoxy groups -OCH3 is 2. The number of hydrogen-bond acceptors (Lipinski definition) is 5. The lowest BCUT2D eigenvalue weighted by atomic mass is 10.1. The molecule has 0 atom stereocenters. The van der Waals surface area contributed by atoms with Crippen molar-refractivity contribution in [2.75, 3.05) is 38.8 Å². The molecule has 1 aliphatic heterocycles. The maximum atomic E-state index is 12.7. The van der Waals surface area contributed by atoms with Gasteiger partial charge in [-0.3, -0.25) is 9.59 Å². The highest BCUT2D eigenvalue weighted by atomic mass is 16.5. The van der Waals surface area contributed by atoms with Crippen molar-refractivity contribution in [2.45, 2.75) is 0 Å². The number of ether oxygens (including phenoxy) is 2. The third-order valence-corrected chi connectivity index (χ3v) is 4.31. The van der Waals surface area contributed by atoms with Crippen LogP contribution < -0.4 is 14.4 Å². The van der Waals surface area contributed by atoms with E-state index in [0.717, 1.165) is 0 Å². The molecule has 3 rings (SSSR count). The average Bonchev–Trinajstić information content (AvgIpc) is 2.67. The number of hydrogen-bond donors (Lipinski definition) is 1. The first-order chi connectivity index (χ1) is 12.5. The topological polar surface area (TPSA) is 79.3 Å². The summed E-state index contributed by atoms with van der Waals surface area (Å²) in [5, 5.41) is 9.66. The van der Waals surface area contributed by atoms with Gasteiger partial charge in [-0.2, -0.15) is 0 Å². The number of nitrogens with zero attached hydrogens (tertiary/aromatic N) is 2. The van der Waals surface area contributed by atoms with Gasteiger partial charge in [0.2, 0.25) is 5.91 Å². The predicted octanol–water partition coefficient (Wildman–Crippen LogP) is 1.90. The van der Waals surface area contributed by atoms with E-state index in [9.17, 15) is 14.7 Å². The maximum Gasteiger partial charge on any atom is 0.254 e. The zero-order valence-corrected chi connectivity index (χ0v) is 14.6. The first-order valence-corrected chi connectivity index (χ1v) is 8.15. The van der Waals surface area contributed by atoms with Crippen LogP contribution in [-0.2, 0) is 4.79 Å². The molecular formula is C19H20N2O5. The molecule has 7 nitrogen and oxygen atoms in total. The molecule has 7 heteroatoms. The standard InChI is InChI=1S/C19H20N2O5/c1-25-16-6-4-3-5-14(16)21-10-9-20(12-18(21)23)19(24)13-7-8-15(22)17(11-13)26-2/h3-8,11,22H,9-10,12H2,1-2H3. The summed E-state index contributed by atoms with van der Waals surface area (Å²) in [5.41, 5.74) is 1.05. The number of para-hydroxylation sites is 2. The molecule has 0 bridgehead atoms. The van der Waals surface area contributed by atoms with Gasteiger partial charge in [-0.15, -0.1) is 0 Å². The van der Waals surface area contributed by atoms with Crippen molar-refractivity contribution >= 4 is 17.5 Å². The first kappa shape index (κ1) is 17.6. The molecule has 2 amide bonds. The van der Waals surface area contributed by atoms with E-state index in [4.69, 9.17) is 9.47 Å². The van der Waals surface area contributed by atoms with E-state index in [1.54, 1.807) is 18.1 Å². The van der Waals surface area contributed by atoms with Crippen LogP contribution in [0, 0.1) is 0 Å². The van der Waals surface area contributed by atoms with Gasteiger partial charge in [0, 0.05) is 18.7 Å². The molecule has 0 saturated carbocycles. The number of carbonyl (C=O) groups excluding carboxylic acids is 2. The molecule has 1 N–H and O–H groups in total. The fourth-order valence-corrected chi connectivity index (χ4v) is 2.95. The third-order valence-electron chi connectivity index (χ3n) is 4.31. The normalized spacial score (nSPS) is 14.3. The summed E-state index contributed by atoms with van der Waals surface area (Å²) in [6.07, 6.45) is 0. The van der Waals surface area contributed by atoms with Gasteiger partial charge in [0.15, 0.2) is 11.5 Å². The second kappa shape index (κ2) is 7.35. The molecule has 1 saturated heterocycles. The van der Waals surface area contributed by atoms with E-state index in [-0.39, 0.29) is 29.9 Å². The van der Waals surface area contributed by atoms with Gasteiger partial charge >= 0.3 is 0 Å². The summed E-state index contributed by atoms with van der Waals surface area (Å²) in [5.74, 6) is 0.330. The van der Waals surface area contributed by atoms with Crippen LogP contribution >= 0.6 is 0 Å². The Kier molecular flexibility index (Phi) is 4.97. The third kappa shape index (κ3) is 3.28. The largest absolute Gasteiger partial charge is 0.504 e. The molecule has 1 heterocycles. The Hall–Kier alpha value is -3.22. The van der Waals surface area contributed by atoms with E-state index in [0.29, 0.717) is 30.1 Å². The van der Waals surface area contributed by atoms with Crippen LogP contribution in [0.3, 0.4) is 0 Å². The first-order valence-electron chi connectivity index (χ1n) is 8.15. The Morgan fingerprint density at radius 3 is 2.46 bits per heavy atom. The van der Waals surface area contributed by atoms with Crippen molar-refractivity contribution < 1.29 is 24.2 Å². The fourth-order valence-electron chi connectivity index (χ4n) is 2.95. The molecule has 0 radical (unpaired) electrons. The van der Waals surface area contributed by atoms with Crippen LogP contribution in [0.15, 0.2) is 42.5 Å². The molecule has 136 valence electrons. The van der Waals surface area contributed by atoms with Crippen LogP contribution in [0.4, 0.5) is 5.69 Å². The minimum Gasteiger partial charge on any atom is -0.504 e. The van der Waals surface area contributed by atoms with E-state index in [2.05, 4.69) is 0 Å². The minimum absolute atomic E-state index is 0.0277. The van der Waals surface area contributed by atoms with Crippen LogP contribution in [-0.4, -0.2) is 55.7 Å². The lowest BCUT2D eigenvalue weighted by Gasteiger charge is -2.35. The van der Waals surface area contributed by atoms with E-state index < -0.39 is 0 Å². The second-order valence-corrected chi connectivity index (χ2v) is 5.83. The van der Waals surface area contributed by atoms with E-state index >= 15 is 0 Å². The fraction of sp³-hybridized carbons (Fsp3) is 0.263. The Bertz CT molecular complexity index is 836. The molecule has 0 aromatic heterocycles. The Balaban J connectivity index is 1.76. The summed E-state index contributed by atoms with van der Waals surface area (Å²) >= 11 is 0. The van der Waals surface area contributed by atoms with Crippen molar-refractivity contribution in [2.24, 2.45) is 0 Å². The smallest absolute Gasteiger partial charge is 0.254 e. The maximum absolute atomic E-state index is 12.7. The Morgan fingerprint density at radius 1 is 1.04 bits per heavy atom. The van der Waals surface area contributed by atoms with Crippen LogP contribution in [0.2, 0.25) is 0 Å². The monoisotopic (exact) mass is 356 g/mol. The van der Waals surface area contributed by atoms with Gasteiger partial charge in [-0.25, -0.2) is 0 Å². The lowest BCUT2D eigenvalue weighted by Crippen LogP contribution is -2.52. The summed E-state index contributed by atoms with van der Waals surface area (Å²) in [7, 11) is 2.97. The van der Waals surface area contributed by atoms with Gasteiger partial charge in [0.05, 0.1) is 19.9 Å². The average molecular weight is 356 g/mol. The SMILES string of the molecule is COc1cc(C(=O)N2CCN(c3ccccc3OC)C(=O)C2)ccc1O. The number of rotatable bonds is 4. The van der Waals surface area contributed by atoms with Gasteiger partial charge in [-0.1, -0.05) is 12.1 Å². The molecule has 0 spiro atoms. The number of benzene rings is 2. The van der Waals surface area contributed by atoms with Crippen molar-refractivity contribution in [3.63, 3.8) is 0 Å². The van der Waals surface area contributed by atoms with Crippen molar-refractivity contribution in [1.82, 2.24) is 4.90 Å². The summed E-state index contributed by atoms with van der Waals surface area (Å²) in [4.78, 5) is 28.4. The zero-order valence-electron chi connectivity index (χ0n) is 14.6. The molecule has 0 unspecified atom stereocenters. The predicted molar refractivity (Wildman–Crippen MR) is 95.9 cm³/mol. The highest BCUT2D eigenvalue weighted by Crippen LogP contribution is 2.30. The number of piperazine rings is 1. The van der Waals surface area contributed by atoms with Crippen LogP contribution in [0.25, 0.3) is 0 Å². The van der Waals surface area contributed by atoms with E-state index in [1.807, 2.05) is 18.2 Å². The van der Waals surface area contributed by atoms with E-state index in [1.165, 1.54) is 30.2 Å². The number of amides is 2. The van der Waals surface area contributed by atoms with Crippen molar-refractivity contribution in [3.05, 3.63) is 48.0 Å². The number of phenolic OH excluding ortho intramolecular Hbond substituents is 1. The Labute approximate surface area is 151 Å². The van der Waals surface area contributed by atoms with Crippen molar-refractivity contribution in [3.8, 4) is 17.2 Å². The van der Waals surface area contributed by atoms with Gasteiger partial charge < -0.3 is 24.4 Å². The Morgan fingerprint density at radius 2 is 1.77 bits per heavy atom. The number of carbonyl (C=O) groups is 2. The van der Waals surface area contributed by atoms with Crippen LogP contribution in [0.1, 0.15) is 10.4 Å². The zero-order chi connectivity index (χ0) is 18.7. The molecule has 2 aromatic carbocycles. The molecular weight excluding hydrogens is 336 g/mol. The van der Waals surface area contributed by atoms with Crippen LogP contribution in [0.5, 0.6) is 17.2 Å². The molecule has 0 aliphatic carbocycles. The molecule has 26 heavy (non-hydrogen) atoms. The highest BCUT2D eigenvalue weighted by molar-refractivity contribution is 6.02. The lowest BCUT2D eigenvalue weighted by molar-refractivity contribution is -0.120.